The number of aryl methyl sites for hydroxylation is 1. The van der Waals surface area contributed by atoms with Gasteiger partial charge in [0.2, 0.25) is 0 Å². The molecular weight excluding hydrogens is 424 g/mol. The molecule has 0 spiro atoms. The number of hydrogen-bond donors (Lipinski definition) is 0. The minimum absolute atomic E-state index is 0.0730. The van der Waals surface area contributed by atoms with Crippen LogP contribution in [0.15, 0.2) is 54.6 Å². The van der Waals surface area contributed by atoms with Gasteiger partial charge < -0.3 is 9.47 Å². The molecule has 0 radical (unpaired) electrons. The van der Waals surface area contributed by atoms with Gasteiger partial charge in [-0.25, -0.2) is 4.79 Å². The van der Waals surface area contributed by atoms with Crippen LogP contribution in [0.2, 0.25) is 0 Å². The summed E-state index contributed by atoms with van der Waals surface area (Å²) < 4.78 is 10.8. The second kappa shape index (κ2) is 10.0. The van der Waals surface area contributed by atoms with E-state index in [9.17, 15) is 9.59 Å². The summed E-state index contributed by atoms with van der Waals surface area (Å²) in [6.07, 6.45) is 1.85. The van der Waals surface area contributed by atoms with Gasteiger partial charge in [0.05, 0.1) is 12.7 Å². The van der Waals surface area contributed by atoms with Crippen molar-refractivity contribution in [1.29, 1.82) is 0 Å². The molecule has 0 saturated carbocycles. The van der Waals surface area contributed by atoms with Crippen LogP contribution in [0.5, 0.6) is 5.75 Å². The zero-order chi connectivity index (χ0) is 25.1. The predicted octanol–water partition coefficient (Wildman–Crippen LogP) is 7.03. The van der Waals surface area contributed by atoms with E-state index in [0.717, 1.165) is 34.9 Å². The average molecular weight is 461 g/mol. The van der Waals surface area contributed by atoms with Crippen molar-refractivity contribution in [2.75, 3.05) is 13.7 Å². The quantitative estimate of drug-likeness (QED) is 0.339. The third kappa shape index (κ3) is 5.01. The number of methoxy groups -OCH3 is 1. The minimum Gasteiger partial charge on any atom is -0.486 e. The fourth-order valence-electron chi connectivity index (χ4n) is 4.49. The minimum atomic E-state index is -0.419. The Morgan fingerprint density at radius 3 is 2.03 bits per heavy atom. The molecule has 34 heavy (non-hydrogen) atoms. The highest BCUT2D eigenvalue weighted by Gasteiger charge is 2.31. The zero-order valence-electron chi connectivity index (χ0n) is 21.5. The number of carbonyl (C=O) groups is 2. The number of fused-ring (bicyclic) bond motifs is 1. The van der Waals surface area contributed by atoms with Gasteiger partial charge in [-0.05, 0) is 65.4 Å². The van der Waals surface area contributed by atoms with E-state index in [-0.39, 0.29) is 23.8 Å². The van der Waals surface area contributed by atoms with Crippen molar-refractivity contribution in [2.24, 2.45) is 5.41 Å². The molecule has 3 aromatic rings. The summed E-state index contributed by atoms with van der Waals surface area (Å²) in [7, 11) is 1.40. The van der Waals surface area contributed by atoms with Crippen molar-refractivity contribution in [3.8, 4) is 5.75 Å². The Labute approximate surface area is 203 Å². The van der Waals surface area contributed by atoms with Crippen LogP contribution in [-0.2, 0) is 14.9 Å². The molecule has 0 aliphatic carbocycles. The largest absolute Gasteiger partial charge is 0.486 e. The molecule has 0 saturated heterocycles. The molecule has 0 atom stereocenters. The highest BCUT2D eigenvalue weighted by molar-refractivity contribution is 5.95. The standard InChI is InChI=1S/C30H36O4/c1-8-30(9-2,24-14-15-26(20(3)16-24)34-19-27(31)29(4,5)6)25-13-12-21-10-11-22(28(32)33-7)17-23(21)18-25/h10-18H,8-9,19H2,1-7H3. The van der Waals surface area contributed by atoms with Crippen LogP contribution >= 0.6 is 0 Å². The Kier molecular flexibility index (Phi) is 7.50. The monoisotopic (exact) mass is 460 g/mol. The van der Waals surface area contributed by atoms with Gasteiger partial charge in [0.25, 0.3) is 0 Å². The molecule has 4 heteroatoms. The molecule has 3 rings (SSSR count). The van der Waals surface area contributed by atoms with Gasteiger partial charge in [0.15, 0.2) is 5.78 Å². The Morgan fingerprint density at radius 1 is 0.824 bits per heavy atom. The molecule has 0 bridgehead atoms. The summed E-state index contributed by atoms with van der Waals surface area (Å²) in [5.41, 5.74) is 3.39. The molecule has 0 unspecified atom stereocenters. The third-order valence-corrected chi connectivity index (χ3v) is 6.94. The van der Waals surface area contributed by atoms with Crippen LogP contribution < -0.4 is 4.74 Å². The molecule has 0 N–H and O–H groups in total. The van der Waals surface area contributed by atoms with Gasteiger partial charge in [-0.1, -0.05) is 71.0 Å². The second-order valence-corrected chi connectivity index (χ2v) is 10.00. The maximum absolute atomic E-state index is 12.3. The first kappa shape index (κ1) is 25.5. The number of Topliss-reactive ketones (excluding diaryl/α,β-unsaturated/α-hetero) is 1. The van der Waals surface area contributed by atoms with E-state index in [1.165, 1.54) is 18.2 Å². The Hall–Kier alpha value is -3.14. The first-order valence-corrected chi connectivity index (χ1v) is 12.0. The van der Waals surface area contributed by atoms with Gasteiger partial charge >= 0.3 is 5.97 Å². The Morgan fingerprint density at radius 2 is 1.44 bits per heavy atom. The van der Waals surface area contributed by atoms with E-state index >= 15 is 0 Å². The Balaban J connectivity index is 2.00. The molecule has 0 fully saturated rings. The number of esters is 1. The van der Waals surface area contributed by atoms with Crippen LogP contribution in [0.25, 0.3) is 10.8 Å². The first-order valence-electron chi connectivity index (χ1n) is 12.0. The molecule has 180 valence electrons. The number of ether oxygens (including phenoxy) is 2. The maximum Gasteiger partial charge on any atom is 0.337 e. The van der Waals surface area contributed by atoms with Crippen molar-refractivity contribution >= 4 is 22.5 Å². The normalized spacial score (nSPS) is 12.0. The summed E-state index contributed by atoms with van der Waals surface area (Å²) in [4.78, 5) is 24.3. The first-order chi connectivity index (χ1) is 16.1. The fraction of sp³-hybridized carbons (Fsp3) is 0.400. The Bertz CT molecular complexity index is 1200. The van der Waals surface area contributed by atoms with Gasteiger partial charge in [-0.15, -0.1) is 0 Å². The lowest BCUT2D eigenvalue weighted by Crippen LogP contribution is -2.27. The van der Waals surface area contributed by atoms with Crippen LogP contribution in [-0.4, -0.2) is 25.5 Å². The molecule has 0 amide bonds. The van der Waals surface area contributed by atoms with E-state index in [1.807, 2.05) is 45.9 Å². The van der Waals surface area contributed by atoms with E-state index in [2.05, 4.69) is 44.2 Å². The van der Waals surface area contributed by atoms with Crippen LogP contribution in [0.4, 0.5) is 0 Å². The van der Waals surface area contributed by atoms with Gasteiger partial charge in [0, 0.05) is 10.8 Å². The highest BCUT2D eigenvalue weighted by atomic mass is 16.5. The van der Waals surface area contributed by atoms with Crippen molar-refractivity contribution < 1.29 is 19.1 Å². The maximum atomic E-state index is 12.3. The SMILES string of the molecule is CCC(CC)(c1ccc(OCC(=O)C(C)(C)C)c(C)c1)c1ccc2ccc(C(=O)OC)cc2c1. The lowest BCUT2D eigenvalue weighted by Gasteiger charge is -2.34. The van der Waals surface area contributed by atoms with E-state index in [1.54, 1.807) is 6.07 Å². The van der Waals surface area contributed by atoms with Gasteiger partial charge in [-0.2, -0.15) is 0 Å². The van der Waals surface area contributed by atoms with E-state index in [0.29, 0.717) is 5.56 Å². The number of carbonyl (C=O) groups excluding carboxylic acids is 2. The van der Waals surface area contributed by atoms with Gasteiger partial charge in [-0.3, -0.25) is 4.79 Å². The van der Waals surface area contributed by atoms with Gasteiger partial charge in [0.1, 0.15) is 12.4 Å². The van der Waals surface area contributed by atoms with Crippen LogP contribution in [0, 0.1) is 12.3 Å². The molecule has 0 aliphatic rings. The van der Waals surface area contributed by atoms with Crippen molar-refractivity contribution in [1.82, 2.24) is 0 Å². The third-order valence-electron chi connectivity index (χ3n) is 6.94. The average Bonchev–Trinajstić information content (AvgIpc) is 2.82. The van der Waals surface area contributed by atoms with Crippen LogP contribution in [0.3, 0.4) is 0 Å². The summed E-state index contributed by atoms with van der Waals surface area (Å²) in [6, 6.07) is 18.4. The predicted molar refractivity (Wildman–Crippen MR) is 138 cm³/mol. The van der Waals surface area contributed by atoms with Crippen molar-refractivity contribution in [2.45, 2.75) is 59.8 Å². The summed E-state index contributed by atoms with van der Waals surface area (Å²) in [5.74, 6) is 0.485. The second-order valence-electron chi connectivity index (χ2n) is 10.00. The molecule has 4 nitrogen and oxygen atoms in total. The zero-order valence-corrected chi connectivity index (χ0v) is 21.5. The molecular formula is C30H36O4. The molecule has 0 aliphatic heterocycles. The van der Waals surface area contributed by atoms with Crippen molar-refractivity contribution in [3.63, 3.8) is 0 Å². The summed E-state index contributed by atoms with van der Waals surface area (Å²) >= 11 is 0. The number of rotatable bonds is 8. The highest BCUT2D eigenvalue weighted by Crippen LogP contribution is 2.41. The fourth-order valence-corrected chi connectivity index (χ4v) is 4.49. The lowest BCUT2D eigenvalue weighted by molar-refractivity contribution is -0.128. The number of ketones is 1. The lowest BCUT2D eigenvalue weighted by atomic mass is 9.70. The van der Waals surface area contributed by atoms with E-state index in [4.69, 9.17) is 9.47 Å². The topological polar surface area (TPSA) is 52.6 Å². The molecule has 3 aromatic carbocycles. The molecule has 0 heterocycles. The summed E-state index contributed by atoms with van der Waals surface area (Å²) in [6.45, 7) is 12.2. The number of benzene rings is 3. The number of hydrogen-bond acceptors (Lipinski definition) is 4. The van der Waals surface area contributed by atoms with Crippen molar-refractivity contribution in [3.05, 3.63) is 76.9 Å². The molecule has 0 aromatic heterocycles. The van der Waals surface area contributed by atoms with Crippen LogP contribution in [0.1, 0.15) is 74.5 Å². The van der Waals surface area contributed by atoms with E-state index < -0.39 is 5.41 Å². The smallest absolute Gasteiger partial charge is 0.337 e. The summed E-state index contributed by atoms with van der Waals surface area (Å²) in [5, 5.41) is 2.10.